The Kier molecular flexibility index (Phi) is 5.10. The molecule has 1 nitrogen and oxygen atoms in total. The van der Waals surface area contributed by atoms with Crippen LogP contribution in [0.25, 0.3) is 0 Å². The van der Waals surface area contributed by atoms with Crippen molar-refractivity contribution in [3.63, 3.8) is 0 Å². The zero-order chi connectivity index (χ0) is 14.5. The molecule has 1 N–H and O–H groups in total. The Hall–Kier alpha value is -1.12. The van der Waals surface area contributed by atoms with Gasteiger partial charge >= 0.3 is 0 Å². The summed E-state index contributed by atoms with van der Waals surface area (Å²) >= 11 is 1.88. The first-order valence-corrected chi connectivity index (χ1v) is 9.13. The zero-order valence-electron chi connectivity index (χ0n) is 12.8. The van der Waals surface area contributed by atoms with E-state index in [-0.39, 0.29) is 0 Å². The topological polar surface area (TPSA) is 12.0 Å². The normalized spacial score (nSPS) is 19.8. The third-order valence-electron chi connectivity index (χ3n) is 4.49. The van der Waals surface area contributed by atoms with E-state index in [9.17, 15) is 0 Å². The fourth-order valence-electron chi connectivity index (χ4n) is 3.42. The molecule has 1 aromatic heterocycles. The highest BCUT2D eigenvalue weighted by Crippen LogP contribution is 2.33. The molecule has 21 heavy (non-hydrogen) atoms. The summed E-state index contributed by atoms with van der Waals surface area (Å²) in [6.45, 7) is 2.28. The van der Waals surface area contributed by atoms with Gasteiger partial charge in [-0.15, -0.1) is 11.3 Å². The number of rotatable bonds is 5. The van der Waals surface area contributed by atoms with Crippen LogP contribution in [0.15, 0.2) is 41.8 Å². The molecular formula is C19H25NS. The third-order valence-corrected chi connectivity index (χ3v) is 5.47. The van der Waals surface area contributed by atoms with Crippen molar-refractivity contribution in [2.24, 2.45) is 0 Å². The molecule has 0 fully saturated rings. The first-order chi connectivity index (χ1) is 10.4. The molecule has 2 aromatic rings. The summed E-state index contributed by atoms with van der Waals surface area (Å²) < 4.78 is 0. The van der Waals surface area contributed by atoms with Crippen LogP contribution < -0.4 is 5.32 Å². The number of benzene rings is 1. The monoisotopic (exact) mass is 299 g/mol. The van der Waals surface area contributed by atoms with Crippen molar-refractivity contribution in [3.8, 4) is 0 Å². The lowest BCUT2D eigenvalue weighted by molar-refractivity contribution is 0.404. The van der Waals surface area contributed by atoms with E-state index in [1.165, 1.54) is 49.0 Å². The van der Waals surface area contributed by atoms with Gasteiger partial charge in [0, 0.05) is 17.0 Å². The van der Waals surface area contributed by atoms with Crippen LogP contribution in [-0.2, 0) is 6.42 Å². The highest BCUT2D eigenvalue weighted by molar-refractivity contribution is 7.10. The van der Waals surface area contributed by atoms with Crippen LogP contribution in [0.4, 0.5) is 0 Å². The van der Waals surface area contributed by atoms with Crippen LogP contribution in [0.3, 0.4) is 0 Å². The van der Waals surface area contributed by atoms with Crippen molar-refractivity contribution < 1.29 is 0 Å². The summed E-state index contributed by atoms with van der Waals surface area (Å²) in [4.78, 5) is 1.48. The second kappa shape index (κ2) is 7.24. The van der Waals surface area contributed by atoms with Crippen LogP contribution in [0.2, 0.25) is 0 Å². The molecule has 1 aliphatic rings. The quantitative estimate of drug-likeness (QED) is 0.704. The second-order valence-electron chi connectivity index (χ2n) is 6.02. The van der Waals surface area contributed by atoms with E-state index in [0.29, 0.717) is 12.1 Å². The molecule has 1 heterocycles. The minimum absolute atomic E-state index is 0.506. The Labute approximate surface area is 132 Å². The maximum atomic E-state index is 3.97. The van der Waals surface area contributed by atoms with Gasteiger partial charge in [0.25, 0.3) is 0 Å². The number of fused-ring (bicyclic) bond motifs is 1. The molecule has 1 aliphatic carbocycles. The SMILES string of the molecule is CCCC(NC1CCCCc2ccccc21)c1cccs1. The molecule has 112 valence electrons. The second-order valence-corrected chi connectivity index (χ2v) is 7.00. The van der Waals surface area contributed by atoms with Gasteiger partial charge in [0.05, 0.1) is 0 Å². The van der Waals surface area contributed by atoms with Gasteiger partial charge in [-0.2, -0.15) is 0 Å². The lowest BCUT2D eigenvalue weighted by atomic mass is 9.97. The molecule has 0 bridgehead atoms. The van der Waals surface area contributed by atoms with Crippen LogP contribution >= 0.6 is 11.3 Å². The molecule has 0 radical (unpaired) electrons. The summed E-state index contributed by atoms with van der Waals surface area (Å²) in [6, 6.07) is 14.5. The number of hydrogen-bond acceptors (Lipinski definition) is 2. The predicted molar refractivity (Wildman–Crippen MR) is 91.8 cm³/mol. The minimum atomic E-state index is 0.506. The standard InChI is InChI=1S/C19H25NS/c1-2-8-18(19-13-7-14-21-19)20-17-12-6-4-10-15-9-3-5-11-16(15)17/h3,5,7,9,11,13-14,17-18,20H,2,4,6,8,10,12H2,1H3. The number of hydrogen-bond donors (Lipinski definition) is 1. The van der Waals surface area contributed by atoms with Crippen molar-refractivity contribution in [3.05, 3.63) is 57.8 Å². The lowest BCUT2D eigenvalue weighted by Gasteiger charge is -2.26. The summed E-state index contributed by atoms with van der Waals surface area (Å²) in [5.41, 5.74) is 3.08. The number of nitrogens with one attached hydrogen (secondary N) is 1. The van der Waals surface area contributed by atoms with Crippen LogP contribution in [0.5, 0.6) is 0 Å². The van der Waals surface area contributed by atoms with Gasteiger partial charge in [0.15, 0.2) is 0 Å². The zero-order valence-corrected chi connectivity index (χ0v) is 13.7. The summed E-state index contributed by atoms with van der Waals surface area (Å²) in [5.74, 6) is 0. The van der Waals surface area contributed by atoms with E-state index in [0.717, 1.165) is 0 Å². The van der Waals surface area contributed by atoms with Crippen LogP contribution in [0, 0.1) is 0 Å². The highest BCUT2D eigenvalue weighted by Gasteiger charge is 2.22. The molecule has 2 heteroatoms. The van der Waals surface area contributed by atoms with Crippen molar-refractivity contribution in [2.45, 2.75) is 57.5 Å². The van der Waals surface area contributed by atoms with E-state index >= 15 is 0 Å². The number of thiophene rings is 1. The maximum absolute atomic E-state index is 3.97. The van der Waals surface area contributed by atoms with Gasteiger partial charge in [-0.25, -0.2) is 0 Å². The fourth-order valence-corrected chi connectivity index (χ4v) is 4.24. The van der Waals surface area contributed by atoms with Gasteiger partial charge < -0.3 is 5.32 Å². The molecule has 2 atom stereocenters. The first kappa shape index (κ1) is 14.8. The van der Waals surface area contributed by atoms with E-state index < -0.39 is 0 Å². The van der Waals surface area contributed by atoms with Crippen LogP contribution in [0.1, 0.15) is 67.1 Å². The molecule has 3 rings (SSSR count). The Bertz CT molecular complexity index is 546. The van der Waals surface area contributed by atoms with E-state index in [1.807, 2.05) is 11.3 Å². The van der Waals surface area contributed by atoms with Gasteiger partial charge in [-0.1, -0.05) is 50.1 Å². The highest BCUT2D eigenvalue weighted by atomic mass is 32.1. The molecular weight excluding hydrogens is 274 g/mol. The average Bonchev–Trinajstić information content (AvgIpc) is 2.97. The molecule has 0 saturated carbocycles. The Morgan fingerprint density at radius 1 is 1.19 bits per heavy atom. The van der Waals surface area contributed by atoms with E-state index in [4.69, 9.17) is 0 Å². The van der Waals surface area contributed by atoms with Crippen molar-refractivity contribution >= 4 is 11.3 Å². The van der Waals surface area contributed by atoms with Crippen molar-refractivity contribution in [1.29, 1.82) is 0 Å². The summed E-state index contributed by atoms with van der Waals surface area (Å²) in [7, 11) is 0. The Morgan fingerprint density at radius 3 is 2.90 bits per heavy atom. The molecule has 0 aliphatic heterocycles. The Balaban J connectivity index is 1.82. The summed E-state index contributed by atoms with van der Waals surface area (Å²) in [5, 5.41) is 6.16. The fraction of sp³-hybridized carbons (Fsp3) is 0.474. The van der Waals surface area contributed by atoms with E-state index in [2.05, 4.69) is 54.0 Å². The molecule has 0 saturated heterocycles. The lowest BCUT2D eigenvalue weighted by Crippen LogP contribution is -2.26. The van der Waals surface area contributed by atoms with Crippen LogP contribution in [-0.4, -0.2) is 0 Å². The summed E-state index contributed by atoms with van der Waals surface area (Å²) in [6.07, 6.45) is 7.61. The maximum Gasteiger partial charge on any atom is 0.0419 e. The van der Waals surface area contributed by atoms with E-state index in [1.54, 1.807) is 5.56 Å². The van der Waals surface area contributed by atoms with Gasteiger partial charge in [0.2, 0.25) is 0 Å². The largest absolute Gasteiger partial charge is 0.302 e. The molecule has 0 amide bonds. The Morgan fingerprint density at radius 2 is 2.10 bits per heavy atom. The molecule has 0 spiro atoms. The van der Waals surface area contributed by atoms with Gasteiger partial charge in [-0.05, 0) is 48.3 Å². The smallest absolute Gasteiger partial charge is 0.0419 e. The van der Waals surface area contributed by atoms with Crippen molar-refractivity contribution in [2.75, 3.05) is 0 Å². The predicted octanol–water partition coefficient (Wildman–Crippen LogP) is 5.65. The van der Waals surface area contributed by atoms with Crippen molar-refractivity contribution in [1.82, 2.24) is 5.32 Å². The third kappa shape index (κ3) is 3.56. The molecule has 1 aromatic carbocycles. The van der Waals surface area contributed by atoms with Gasteiger partial charge in [0.1, 0.15) is 0 Å². The number of aryl methyl sites for hydroxylation is 1. The minimum Gasteiger partial charge on any atom is -0.302 e. The first-order valence-electron chi connectivity index (χ1n) is 8.25. The average molecular weight is 299 g/mol. The molecule has 2 unspecified atom stereocenters. The van der Waals surface area contributed by atoms with Gasteiger partial charge in [-0.3, -0.25) is 0 Å².